The van der Waals surface area contributed by atoms with Crippen molar-refractivity contribution >= 4 is 5.97 Å². The average Bonchev–Trinajstić information content (AvgIpc) is 2.48. The zero-order chi connectivity index (χ0) is 15.2. The van der Waals surface area contributed by atoms with Crippen molar-refractivity contribution in [3.63, 3.8) is 0 Å². The molecule has 0 atom stereocenters. The highest BCUT2D eigenvalue weighted by Crippen LogP contribution is 2.31. The Bertz CT molecular complexity index is 481. The number of phenolic OH excluding ortho intramolecular Hbond substituents is 1. The zero-order valence-corrected chi connectivity index (χ0v) is 12.4. The van der Waals surface area contributed by atoms with Gasteiger partial charge in [0, 0.05) is 18.5 Å². The number of aliphatic carboxylic acids is 1. The molecule has 0 saturated carbocycles. The predicted molar refractivity (Wildman–Crippen MR) is 79.5 cm³/mol. The molecule has 1 saturated heterocycles. The minimum Gasteiger partial charge on any atom is -0.504 e. The van der Waals surface area contributed by atoms with Gasteiger partial charge < -0.3 is 14.9 Å². The van der Waals surface area contributed by atoms with Crippen LogP contribution in [-0.4, -0.2) is 41.3 Å². The van der Waals surface area contributed by atoms with E-state index >= 15 is 0 Å². The van der Waals surface area contributed by atoms with Crippen LogP contribution in [0, 0.1) is 5.92 Å². The maximum atomic E-state index is 10.6. The van der Waals surface area contributed by atoms with Crippen LogP contribution in [0.5, 0.6) is 11.5 Å². The highest BCUT2D eigenvalue weighted by atomic mass is 16.5. The number of benzene rings is 1. The summed E-state index contributed by atoms with van der Waals surface area (Å²) in [6.45, 7) is 2.59. The van der Waals surface area contributed by atoms with Crippen molar-refractivity contribution in [2.45, 2.75) is 32.2 Å². The third kappa shape index (κ3) is 4.36. The van der Waals surface area contributed by atoms with Gasteiger partial charge in [0.2, 0.25) is 0 Å². The second-order valence-corrected chi connectivity index (χ2v) is 5.62. The Hall–Kier alpha value is -1.75. The van der Waals surface area contributed by atoms with Crippen molar-refractivity contribution in [3.8, 4) is 11.5 Å². The van der Waals surface area contributed by atoms with E-state index in [2.05, 4.69) is 4.90 Å². The van der Waals surface area contributed by atoms with Gasteiger partial charge in [-0.15, -0.1) is 0 Å². The second-order valence-electron chi connectivity index (χ2n) is 5.62. The second kappa shape index (κ2) is 7.31. The minimum atomic E-state index is -0.710. The number of carboxylic acids is 1. The van der Waals surface area contributed by atoms with Crippen molar-refractivity contribution < 1.29 is 19.7 Å². The Kier molecular flexibility index (Phi) is 5.44. The molecular weight excluding hydrogens is 270 g/mol. The van der Waals surface area contributed by atoms with Crippen LogP contribution in [0.3, 0.4) is 0 Å². The van der Waals surface area contributed by atoms with E-state index in [1.165, 1.54) is 0 Å². The summed E-state index contributed by atoms with van der Waals surface area (Å²) in [4.78, 5) is 12.9. The number of phenols is 1. The summed E-state index contributed by atoms with van der Waals surface area (Å²) in [5.41, 5.74) is 0.873. The molecule has 1 aromatic carbocycles. The first-order chi connectivity index (χ1) is 10.1. The number of methoxy groups -OCH3 is 1. The van der Waals surface area contributed by atoms with Crippen LogP contribution in [0.25, 0.3) is 0 Å². The maximum absolute atomic E-state index is 10.6. The zero-order valence-electron chi connectivity index (χ0n) is 12.4. The van der Waals surface area contributed by atoms with Crippen LogP contribution >= 0.6 is 0 Å². The quantitative estimate of drug-likeness (QED) is 0.843. The normalized spacial score (nSPS) is 16.8. The Morgan fingerprint density at radius 1 is 1.38 bits per heavy atom. The lowest BCUT2D eigenvalue weighted by Crippen LogP contribution is -2.33. The third-order valence-electron chi connectivity index (χ3n) is 4.17. The van der Waals surface area contributed by atoms with E-state index < -0.39 is 5.97 Å². The van der Waals surface area contributed by atoms with Crippen molar-refractivity contribution in [3.05, 3.63) is 23.8 Å². The van der Waals surface area contributed by atoms with Crippen molar-refractivity contribution in [1.82, 2.24) is 4.90 Å². The third-order valence-corrected chi connectivity index (χ3v) is 4.17. The fraction of sp³-hybridized carbons (Fsp3) is 0.562. The lowest BCUT2D eigenvalue weighted by Gasteiger charge is -2.32. The van der Waals surface area contributed by atoms with Gasteiger partial charge in [0.05, 0.1) is 7.11 Å². The number of piperidine rings is 1. The van der Waals surface area contributed by atoms with Gasteiger partial charge in [-0.1, -0.05) is 12.1 Å². The summed E-state index contributed by atoms with van der Waals surface area (Å²) in [7, 11) is 1.55. The van der Waals surface area contributed by atoms with E-state index in [4.69, 9.17) is 9.84 Å². The van der Waals surface area contributed by atoms with Crippen LogP contribution in [0.4, 0.5) is 0 Å². The van der Waals surface area contributed by atoms with E-state index in [9.17, 15) is 9.90 Å². The van der Waals surface area contributed by atoms with Gasteiger partial charge in [-0.25, -0.2) is 0 Å². The van der Waals surface area contributed by atoms with Crippen molar-refractivity contribution in [2.24, 2.45) is 5.92 Å². The summed E-state index contributed by atoms with van der Waals surface area (Å²) < 4.78 is 5.12. The summed E-state index contributed by atoms with van der Waals surface area (Å²) in [5.74, 6) is 0.520. The lowest BCUT2D eigenvalue weighted by molar-refractivity contribution is -0.137. The molecule has 0 radical (unpaired) electrons. The van der Waals surface area contributed by atoms with Crippen LogP contribution < -0.4 is 4.74 Å². The topological polar surface area (TPSA) is 70.0 Å². The number of ether oxygens (including phenoxy) is 1. The lowest BCUT2D eigenvalue weighted by atomic mass is 9.92. The van der Waals surface area contributed by atoms with Gasteiger partial charge in [0.15, 0.2) is 11.5 Å². The molecule has 0 amide bonds. The summed E-state index contributed by atoms with van der Waals surface area (Å²) in [6.07, 6.45) is 3.09. The number of likely N-dealkylation sites (tertiary alicyclic amines) is 1. The summed E-state index contributed by atoms with van der Waals surface area (Å²) >= 11 is 0. The molecule has 1 aliphatic heterocycles. The maximum Gasteiger partial charge on any atom is 0.303 e. The molecule has 21 heavy (non-hydrogen) atoms. The van der Waals surface area contributed by atoms with Crippen molar-refractivity contribution in [1.29, 1.82) is 0 Å². The van der Waals surface area contributed by atoms with Crippen LogP contribution in [0.2, 0.25) is 0 Å². The standard InChI is InChI=1S/C16H23NO4/c1-21-14-4-2-3-13(16(14)20)11-17-9-7-12(8-10-17)5-6-15(18)19/h2-4,12,20H,5-11H2,1H3,(H,18,19). The smallest absolute Gasteiger partial charge is 0.303 e. The highest BCUT2D eigenvalue weighted by molar-refractivity contribution is 5.66. The molecule has 0 unspecified atom stereocenters. The Morgan fingerprint density at radius 2 is 2.10 bits per heavy atom. The van der Waals surface area contributed by atoms with Crippen LogP contribution in [0.1, 0.15) is 31.2 Å². The predicted octanol–water partition coefficient (Wildman–Crippen LogP) is 2.48. The first-order valence-electron chi connectivity index (χ1n) is 7.39. The average molecular weight is 293 g/mol. The summed E-state index contributed by atoms with van der Waals surface area (Å²) in [6, 6.07) is 5.54. The van der Waals surface area contributed by atoms with E-state index in [0.29, 0.717) is 18.2 Å². The molecule has 5 nitrogen and oxygen atoms in total. The first-order valence-corrected chi connectivity index (χ1v) is 7.39. The molecule has 5 heteroatoms. The molecule has 0 aliphatic carbocycles. The van der Waals surface area contributed by atoms with Gasteiger partial charge >= 0.3 is 5.97 Å². The van der Waals surface area contributed by atoms with Crippen LogP contribution in [-0.2, 0) is 11.3 Å². The highest BCUT2D eigenvalue weighted by Gasteiger charge is 2.21. The van der Waals surface area contributed by atoms with E-state index in [0.717, 1.165) is 37.9 Å². The number of para-hydroxylation sites is 1. The minimum absolute atomic E-state index is 0.216. The number of nitrogens with zero attached hydrogens (tertiary/aromatic N) is 1. The van der Waals surface area contributed by atoms with Gasteiger partial charge in [-0.3, -0.25) is 9.69 Å². The number of hydrogen-bond donors (Lipinski definition) is 2. The molecule has 2 N–H and O–H groups in total. The Labute approximate surface area is 125 Å². The fourth-order valence-electron chi connectivity index (χ4n) is 2.86. The Balaban J connectivity index is 1.85. The molecule has 1 fully saturated rings. The summed E-state index contributed by atoms with van der Waals surface area (Å²) in [5, 5.41) is 18.8. The number of aromatic hydroxyl groups is 1. The molecule has 116 valence electrons. The molecule has 0 bridgehead atoms. The number of hydrogen-bond acceptors (Lipinski definition) is 4. The molecular formula is C16H23NO4. The molecule has 1 aliphatic rings. The molecule has 1 aromatic rings. The van der Waals surface area contributed by atoms with Gasteiger partial charge in [0.1, 0.15) is 0 Å². The monoisotopic (exact) mass is 293 g/mol. The molecule has 1 heterocycles. The Morgan fingerprint density at radius 3 is 2.71 bits per heavy atom. The number of carbonyl (C=O) groups is 1. The largest absolute Gasteiger partial charge is 0.504 e. The molecule has 2 rings (SSSR count). The number of rotatable bonds is 6. The van der Waals surface area contributed by atoms with Gasteiger partial charge in [-0.05, 0) is 44.3 Å². The van der Waals surface area contributed by atoms with Crippen LogP contribution in [0.15, 0.2) is 18.2 Å². The van der Waals surface area contributed by atoms with Crippen molar-refractivity contribution in [2.75, 3.05) is 20.2 Å². The number of carboxylic acid groups (broad SMARTS) is 1. The molecule has 0 aromatic heterocycles. The SMILES string of the molecule is COc1cccc(CN2CCC(CCC(=O)O)CC2)c1O. The first kappa shape index (κ1) is 15.6. The van der Waals surface area contributed by atoms with E-state index in [-0.39, 0.29) is 12.2 Å². The van der Waals surface area contributed by atoms with Gasteiger partial charge in [0.25, 0.3) is 0 Å². The van der Waals surface area contributed by atoms with E-state index in [1.807, 2.05) is 12.1 Å². The fourth-order valence-corrected chi connectivity index (χ4v) is 2.86. The van der Waals surface area contributed by atoms with E-state index in [1.54, 1.807) is 13.2 Å². The van der Waals surface area contributed by atoms with Gasteiger partial charge in [-0.2, -0.15) is 0 Å². The molecule has 0 spiro atoms.